The molecule has 0 aliphatic heterocycles. The predicted molar refractivity (Wildman–Crippen MR) is 77.0 cm³/mol. The van der Waals surface area contributed by atoms with Gasteiger partial charge in [-0.25, -0.2) is 4.68 Å². The van der Waals surface area contributed by atoms with Crippen molar-refractivity contribution in [2.75, 3.05) is 0 Å². The Kier molecular flexibility index (Phi) is 4.37. The molecule has 0 saturated carbocycles. The summed E-state index contributed by atoms with van der Waals surface area (Å²) < 4.78 is 29.4. The summed E-state index contributed by atoms with van der Waals surface area (Å²) in [5, 5.41) is 10.9. The molecule has 1 heterocycles. The minimum absolute atomic E-state index is 0.0186. The third-order valence-corrected chi connectivity index (χ3v) is 2.94. The monoisotopic (exact) mass is 294 g/mol. The van der Waals surface area contributed by atoms with E-state index >= 15 is 0 Å². The lowest BCUT2D eigenvalue weighted by atomic mass is 10.1. The zero-order valence-electron chi connectivity index (χ0n) is 12.5. The van der Waals surface area contributed by atoms with Crippen molar-refractivity contribution >= 4 is 0 Å². The van der Waals surface area contributed by atoms with Crippen LogP contribution in [0.1, 0.15) is 32.0 Å². The maximum atomic E-state index is 14.1. The van der Waals surface area contributed by atoms with Gasteiger partial charge in [0.05, 0.1) is 11.9 Å². The number of nitrogens with zero attached hydrogens (tertiary/aromatic N) is 3. The van der Waals surface area contributed by atoms with Crippen molar-refractivity contribution in [3.8, 4) is 0 Å². The molecular weight excluding hydrogens is 274 g/mol. The summed E-state index contributed by atoms with van der Waals surface area (Å²) in [4.78, 5) is 0. The third kappa shape index (κ3) is 4.60. The van der Waals surface area contributed by atoms with E-state index in [1.54, 1.807) is 24.4 Å². The van der Waals surface area contributed by atoms with Crippen LogP contribution >= 0.6 is 0 Å². The van der Waals surface area contributed by atoms with Gasteiger partial charge >= 0.3 is 0 Å². The average molecular weight is 294 g/mol. The molecule has 0 bridgehead atoms. The summed E-state index contributed by atoms with van der Waals surface area (Å²) in [6.45, 7) is 6.07. The van der Waals surface area contributed by atoms with Crippen molar-refractivity contribution < 1.29 is 8.78 Å². The van der Waals surface area contributed by atoms with Crippen molar-refractivity contribution in [1.29, 1.82) is 0 Å². The fraction of sp³-hybridized carbons (Fsp3) is 0.467. The number of benzene rings is 1. The first-order chi connectivity index (χ1) is 9.76. The van der Waals surface area contributed by atoms with Gasteiger partial charge in [-0.15, -0.1) is 5.10 Å². The number of hydrogen-bond donors (Lipinski definition) is 1. The molecule has 1 aromatic carbocycles. The van der Waals surface area contributed by atoms with E-state index < -0.39 is 12.5 Å². The molecule has 0 aliphatic carbocycles. The van der Waals surface area contributed by atoms with Crippen LogP contribution in [0.3, 0.4) is 0 Å². The molecule has 0 unspecified atom stereocenters. The first kappa shape index (κ1) is 15.6. The van der Waals surface area contributed by atoms with Crippen LogP contribution in [0, 0.1) is 0 Å². The average Bonchev–Trinajstić information content (AvgIpc) is 2.84. The molecule has 2 aromatic rings. The quantitative estimate of drug-likeness (QED) is 0.922. The summed E-state index contributed by atoms with van der Waals surface area (Å²) in [5.74, 6) is -2.97. The second-order valence-corrected chi connectivity index (χ2v) is 6.08. The lowest BCUT2D eigenvalue weighted by molar-refractivity contribution is -0.0258. The normalized spacial score (nSPS) is 12.6. The van der Waals surface area contributed by atoms with Gasteiger partial charge in [0.15, 0.2) is 0 Å². The molecule has 0 saturated heterocycles. The maximum Gasteiger partial charge on any atom is 0.292 e. The molecule has 21 heavy (non-hydrogen) atoms. The van der Waals surface area contributed by atoms with Crippen LogP contribution in [0.5, 0.6) is 0 Å². The van der Waals surface area contributed by atoms with E-state index in [9.17, 15) is 8.78 Å². The molecule has 2 rings (SSSR count). The standard InChI is InChI=1S/C15H20F2N4/c1-14(2,3)18-9-13-10-21(20-19-13)11-15(16,17)12-7-5-4-6-8-12/h4-8,10,18H,9,11H2,1-3H3. The summed E-state index contributed by atoms with van der Waals surface area (Å²) in [6.07, 6.45) is 1.55. The van der Waals surface area contributed by atoms with E-state index in [4.69, 9.17) is 0 Å². The Hall–Kier alpha value is -1.82. The minimum atomic E-state index is -2.97. The van der Waals surface area contributed by atoms with E-state index in [1.165, 1.54) is 16.8 Å². The molecular formula is C15H20F2N4. The van der Waals surface area contributed by atoms with Crippen molar-refractivity contribution in [3.63, 3.8) is 0 Å². The molecule has 114 valence electrons. The van der Waals surface area contributed by atoms with E-state index in [2.05, 4.69) is 15.6 Å². The molecule has 1 N–H and O–H groups in total. The maximum absolute atomic E-state index is 14.1. The molecule has 0 atom stereocenters. The van der Waals surface area contributed by atoms with Gasteiger partial charge in [0, 0.05) is 17.6 Å². The Morgan fingerprint density at radius 2 is 1.81 bits per heavy atom. The number of halogens is 2. The number of hydrogen-bond acceptors (Lipinski definition) is 3. The van der Waals surface area contributed by atoms with Gasteiger partial charge in [0.1, 0.15) is 6.54 Å². The van der Waals surface area contributed by atoms with Crippen LogP contribution in [0.4, 0.5) is 8.78 Å². The molecule has 4 nitrogen and oxygen atoms in total. The first-order valence-corrected chi connectivity index (χ1v) is 6.84. The zero-order valence-corrected chi connectivity index (χ0v) is 12.5. The van der Waals surface area contributed by atoms with Crippen molar-refractivity contribution in [3.05, 3.63) is 47.8 Å². The van der Waals surface area contributed by atoms with Gasteiger partial charge in [0.2, 0.25) is 0 Å². The fourth-order valence-electron chi connectivity index (χ4n) is 1.83. The SMILES string of the molecule is CC(C)(C)NCc1cn(CC(F)(F)c2ccccc2)nn1. The van der Waals surface area contributed by atoms with Crippen molar-refractivity contribution in [2.24, 2.45) is 0 Å². The smallest absolute Gasteiger partial charge is 0.292 e. The molecule has 0 fully saturated rings. The molecule has 0 radical (unpaired) electrons. The van der Waals surface area contributed by atoms with E-state index in [0.29, 0.717) is 12.2 Å². The topological polar surface area (TPSA) is 42.7 Å². The predicted octanol–water partition coefficient (Wildman–Crippen LogP) is 2.96. The van der Waals surface area contributed by atoms with Crippen LogP contribution in [0.25, 0.3) is 0 Å². The molecule has 0 spiro atoms. The fourth-order valence-corrected chi connectivity index (χ4v) is 1.83. The highest BCUT2D eigenvalue weighted by atomic mass is 19.3. The van der Waals surface area contributed by atoms with Gasteiger partial charge in [-0.1, -0.05) is 35.5 Å². The zero-order chi connectivity index (χ0) is 15.5. The van der Waals surface area contributed by atoms with Crippen LogP contribution < -0.4 is 5.32 Å². The Bertz CT molecular complexity index is 573. The summed E-state index contributed by atoms with van der Waals surface area (Å²) in [6, 6.07) is 7.75. The molecule has 0 amide bonds. The highest BCUT2D eigenvalue weighted by Gasteiger charge is 2.32. The highest BCUT2D eigenvalue weighted by molar-refractivity contribution is 5.19. The second-order valence-electron chi connectivity index (χ2n) is 6.08. The number of nitrogens with one attached hydrogen (secondary N) is 1. The van der Waals surface area contributed by atoms with E-state index in [-0.39, 0.29) is 11.1 Å². The summed E-state index contributed by atoms with van der Waals surface area (Å²) >= 11 is 0. The minimum Gasteiger partial charge on any atom is -0.306 e. The first-order valence-electron chi connectivity index (χ1n) is 6.84. The number of aromatic nitrogens is 3. The molecule has 1 aromatic heterocycles. The Labute approximate surface area is 123 Å². The summed E-state index contributed by atoms with van der Waals surface area (Å²) in [7, 11) is 0. The summed E-state index contributed by atoms with van der Waals surface area (Å²) in [5.41, 5.74) is 0.571. The van der Waals surface area contributed by atoms with Gasteiger partial charge in [0.25, 0.3) is 5.92 Å². The highest BCUT2D eigenvalue weighted by Crippen LogP contribution is 2.29. The van der Waals surface area contributed by atoms with Crippen LogP contribution in [-0.2, 0) is 19.0 Å². The molecule has 6 heteroatoms. The van der Waals surface area contributed by atoms with Crippen LogP contribution in [-0.4, -0.2) is 20.5 Å². The van der Waals surface area contributed by atoms with Crippen molar-refractivity contribution in [1.82, 2.24) is 20.3 Å². The molecule has 0 aliphatic rings. The van der Waals surface area contributed by atoms with E-state index in [0.717, 1.165) is 0 Å². The Balaban J connectivity index is 2.02. The lowest BCUT2D eigenvalue weighted by Crippen LogP contribution is -2.35. The van der Waals surface area contributed by atoms with E-state index in [1.807, 2.05) is 20.8 Å². The van der Waals surface area contributed by atoms with Crippen molar-refractivity contribution in [2.45, 2.75) is 45.3 Å². The largest absolute Gasteiger partial charge is 0.306 e. The number of alkyl halides is 2. The van der Waals surface area contributed by atoms with Crippen LogP contribution in [0.2, 0.25) is 0 Å². The Morgan fingerprint density at radius 3 is 2.43 bits per heavy atom. The Morgan fingerprint density at radius 1 is 1.14 bits per heavy atom. The second kappa shape index (κ2) is 5.89. The van der Waals surface area contributed by atoms with Gasteiger partial charge in [-0.3, -0.25) is 0 Å². The van der Waals surface area contributed by atoms with Crippen LogP contribution in [0.15, 0.2) is 36.5 Å². The lowest BCUT2D eigenvalue weighted by Gasteiger charge is -2.19. The van der Waals surface area contributed by atoms with Gasteiger partial charge in [-0.2, -0.15) is 8.78 Å². The number of rotatable bonds is 5. The van der Waals surface area contributed by atoms with Gasteiger partial charge in [-0.05, 0) is 20.8 Å². The van der Waals surface area contributed by atoms with Gasteiger partial charge < -0.3 is 5.32 Å². The third-order valence-electron chi connectivity index (χ3n) is 2.94.